The quantitative estimate of drug-likeness (QED) is 0.774. The average Bonchev–Trinajstić information content (AvgIpc) is 2.45. The monoisotopic (exact) mass is 308 g/mol. The number of nitrogens with one attached hydrogen (secondary N) is 1. The third-order valence-corrected chi connectivity index (χ3v) is 4.59. The molecule has 0 aliphatic carbocycles. The van der Waals surface area contributed by atoms with Crippen LogP contribution in [0.4, 0.5) is 0 Å². The van der Waals surface area contributed by atoms with Crippen LogP contribution >= 0.6 is 0 Å². The van der Waals surface area contributed by atoms with Gasteiger partial charge in [-0.1, -0.05) is 30.4 Å². The molecule has 1 aromatic carbocycles. The summed E-state index contributed by atoms with van der Waals surface area (Å²) in [6.07, 6.45) is 0. The van der Waals surface area contributed by atoms with E-state index >= 15 is 0 Å². The molecule has 0 heterocycles. The SMILES string of the molecule is CCS(=O)(=O)CCNC(=O)c1cc(C)ccc1C#CCN. The maximum atomic E-state index is 12.2. The van der Waals surface area contributed by atoms with E-state index in [0.29, 0.717) is 11.1 Å². The number of aryl methyl sites for hydroxylation is 1. The van der Waals surface area contributed by atoms with Crippen LogP contribution in [0.5, 0.6) is 0 Å². The average molecular weight is 308 g/mol. The summed E-state index contributed by atoms with van der Waals surface area (Å²) in [4.78, 5) is 12.2. The summed E-state index contributed by atoms with van der Waals surface area (Å²) in [7, 11) is -3.09. The fourth-order valence-electron chi connectivity index (χ4n) is 1.66. The number of carbonyl (C=O) groups excluding carboxylic acids is 1. The van der Waals surface area contributed by atoms with Crippen LogP contribution in [0.15, 0.2) is 18.2 Å². The summed E-state index contributed by atoms with van der Waals surface area (Å²) in [5, 5.41) is 2.62. The van der Waals surface area contributed by atoms with Crippen molar-refractivity contribution in [2.45, 2.75) is 13.8 Å². The maximum absolute atomic E-state index is 12.2. The fourth-order valence-corrected chi connectivity index (χ4v) is 2.36. The summed E-state index contributed by atoms with van der Waals surface area (Å²) >= 11 is 0. The zero-order valence-corrected chi connectivity index (χ0v) is 13.1. The number of benzene rings is 1. The number of rotatable bonds is 5. The zero-order chi connectivity index (χ0) is 15.9. The Balaban J connectivity index is 2.84. The van der Waals surface area contributed by atoms with Gasteiger partial charge in [-0.25, -0.2) is 8.42 Å². The molecule has 1 aromatic rings. The van der Waals surface area contributed by atoms with E-state index in [1.807, 2.05) is 13.0 Å². The molecule has 1 amide bonds. The van der Waals surface area contributed by atoms with Crippen molar-refractivity contribution in [2.75, 3.05) is 24.6 Å². The van der Waals surface area contributed by atoms with Gasteiger partial charge in [0.25, 0.3) is 5.91 Å². The maximum Gasteiger partial charge on any atom is 0.252 e. The summed E-state index contributed by atoms with van der Waals surface area (Å²) in [6, 6.07) is 5.35. The number of hydrogen-bond acceptors (Lipinski definition) is 4. The van der Waals surface area contributed by atoms with Gasteiger partial charge in [-0.05, 0) is 19.1 Å². The molecule has 0 unspecified atom stereocenters. The van der Waals surface area contributed by atoms with Crippen molar-refractivity contribution in [1.82, 2.24) is 5.32 Å². The Hall–Kier alpha value is -1.84. The molecule has 0 spiro atoms. The van der Waals surface area contributed by atoms with Crippen molar-refractivity contribution < 1.29 is 13.2 Å². The van der Waals surface area contributed by atoms with Gasteiger partial charge in [0, 0.05) is 17.9 Å². The van der Waals surface area contributed by atoms with Crippen molar-refractivity contribution in [1.29, 1.82) is 0 Å². The summed E-state index contributed by atoms with van der Waals surface area (Å²) in [5.41, 5.74) is 7.29. The van der Waals surface area contributed by atoms with Crippen molar-refractivity contribution in [3.8, 4) is 11.8 Å². The summed E-state index contributed by atoms with van der Waals surface area (Å²) in [6.45, 7) is 3.76. The number of amides is 1. The molecule has 0 fully saturated rings. The smallest absolute Gasteiger partial charge is 0.252 e. The molecule has 0 atom stereocenters. The minimum absolute atomic E-state index is 0.0646. The molecule has 0 radical (unpaired) electrons. The molecule has 3 N–H and O–H groups in total. The molecule has 21 heavy (non-hydrogen) atoms. The summed E-state index contributed by atoms with van der Waals surface area (Å²) < 4.78 is 22.8. The van der Waals surface area contributed by atoms with Crippen molar-refractivity contribution in [2.24, 2.45) is 5.73 Å². The van der Waals surface area contributed by atoms with E-state index in [1.165, 1.54) is 0 Å². The Morgan fingerprint density at radius 2 is 2.10 bits per heavy atom. The lowest BCUT2D eigenvalue weighted by Gasteiger charge is -2.08. The minimum Gasteiger partial charge on any atom is -0.351 e. The highest BCUT2D eigenvalue weighted by atomic mass is 32.2. The fraction of sp³-hybridized carbons (Fsp3) is 0.400. The van der Waals surface area contributed by atoms with Crippen molar-refractivity contribution >= 4 is 15.7 Å². The Bertz CT molecular complexity index is 670. The van der Waals surface area contributed by atoms with Gasteiger partial charge in [0.15, 0.2) is 9.84 Å². The number of carbonyl (C=O) groups is 1. The normalized spacial score (nSPS) is 10.6. The van der Waals surface area contributed by atoms with Crippen molar-refractivity contribution in [3.05, 3.63) is 34.9 Å². The van der Waals surface area contributed by atoms with E-state index in [9.17, 15) is 13.2 Å². The van der Waals surface area contributed by atoms with E-state index in [-0.39, 0.29) is 30.5 Å². The van der Waals surface area contributed by atoms with E-state index in [4.69, 9.17) is 5.73 Å². The van der Waals surface area contributed by atoms with Gasteiger partial charge < -0.3 is 11.1 Å². The largest absolute Gasteiger partial charge is 0.351 e. The van der Waals surface area contributed by atoms with Crippen LogP contribution in [-0.4, -0.2) is 38.9 Å². The van der Waals surface area contributed by atoms with Crippen LogP contribution < -0.4 is 11.1 Å². The Morgan fingerprint density at radius 1 is 1.38 bits per heavy atom. The Labute approximate surface area is 125 Å². The molecule has 6 heteroatoms. The first kappa shape index (κ1) is 17.2. The summed E-state index contributed by atoms with van der Waals surface area (Å²) in [5.74, 6) is 5.23. The van der Waals surface area contributed by atoms with Gasteiger partial charge in [0.1, 0.15) is 0 Å². The topological polar surface area (TPSA) is 89.3 Å². The highest BCUT2D eigenvalue weighted by molar-refractivity contribution is 7.91. The standard InChI is InChI=1S/C15H20N2O3S/c1-3-21(19,20)10-9-17-15(18)14-11-12(2)6-7-13(14)5-4-8-16/h6-7,11H,3,8-10,16H2,1-2H3,(H,17,18). The first-order valence-corrected chi connectivity index (χ1v) is 8.50. The first-order chi connectivity index (χ1) is 9.89. The number of hydrogen-bond donors (Lipinski definition) is 2. The van der Waals surface area contributed by atoms with Crippen LogP contribution in [0.3, 0.4) is 0 Å². The molecule has 0 saturated heterocycles. The van der Waals surface area contributed by atoms with Crippen LogP contribution in [0, 0.1) is 18.8 Å². The Kier molecular flexibility index (Phi) is 6.40. The van der Waals surface area contributed by atoms with Gasteiger partial charge >= 0.3 is 0 Å². The molecular weight excluding hydrogens is 288 g/mol. The Morgan fingerprint density at radius 3 is 2.71 bits per heavy atom. The first-order valence-electron chi connectivity index (χ1n) is 6.68. The van der Waals surface area contributed by atoms with Crippen LogP contribution in [0.2, 0.25) is 0 Å². The second kappa shape index (κ2) is 7.81. The van der Waals surface area contributed by atoms with Crippen molar-refractivity contribution in [3.63, 3.8) is 0 Å². The molecule has 0 aliphatic rings. The minimum atomic E-state index is -3.09. The zero-order valence-electron chi connectivity index (χ0n) is 12.3. The highest BCUT2D eigenvalue weighted by Crippen LogP contribution is 2.10. The van der Waals surface area contributed by atoms with E-state index < -0.39 is 9.84 Å². The molecule has 114 valence electrons. The second-order valence-electron chi connectivity index (χ2n) is 4.55. The van der Waals surface area contributed by atoms with E-state index in [0.717, 1.165) is 5.56 Å². The van der Waals surface area contributed by atoms with Crippen LogP contribution in [-0.2, 0) is 9.84 Å². The van der Waals surface area contributed by atoms with Gasteiger partial charge in [0.05, 0.1) is 17.9 Å². The lowest BCUT2D eigenvalue weighted by molar-refractivity contribution is 0.0956. The molecule has 0 aromatic heterocycles. The third-order valence-electron chi connectivity index (χ3n) is 2.88. The van der Waals surface area contributed by atoms with Gasteiger partial charge in [-0.15, -0.1) is 0 Å². The highest BCUT2D eigenvalue weighted by Gasteiger charge is 2.12. The predicted octanol–water partition coefficient (Wildman–Crippen LogP) is 0.470. The molecule has 5 nitrogen and oxygen atoms in total. The van der Waals surface area contributed by atoms with E-state index in [1.54, 1.807) is 19.1 Å². The third kappa shape index (κ3) is 5.58. The molecule has 0 bridgehead atoms. The van der Waals surface area contributed by atoms with Gasteiger partial charge in [-0.2, -0.15) is 0 Å². The van der Waals surface area contributed by atoms with Crippen LogP contribution in [0.1, 0.15) is 28.4 Å². The lowest BCUT2D eigenvalue weighted by Crippen LogP contribution is -2.30. The van der Waals surface area contributed by atoms with Crippen LogP contribution in [0.25, 0.3) is 0 Å². The predicted molar refractivity (Wildman–Crippen MR) is 83.8 cm³/mol. The van der Waals surface area contributed by atoms with Gasteiger partial charge in [-0.3, -0.25) is 4.79 Å². The van der Waals surface area contributed by atoms with Gasteiger partial charge in [0.2, 0.25) is 0 Å². The molecule has 1 rings (SSSR count). The number of sulfone groups is 1. The molecule has 0 aliphatic heterocycles. The number of nitrogens with two attached hydrogens (primary N) is 1. The second-order valence-corrected chi connectivity index (χ2v) is 7.02. The lowest BCUT2D eigenvalue weighted by atomic mass is 10.0. The molecule has 0 saturated carbocycles. The molecular formula is C15H20N2O3S. The van der Waals surface area contributed by atoms with E-state index in [2.05, 4.69) is 17.2 Å².